The number of carbonyl (C=O) groups is 1. The molecule has 24 heavy (non-hydrogen) atoms. The summed E-state index contributed by atoms with van der Waals surface area (Å²) in [6.07, 6.45) is 1.42. The minimum atomic E-state index is -0.106. The molecule has 0 atom stereocenters. The van der Waals surface area contributed by atoms with E-state index in [0.29, 0.717) is 18.3 Å². The standard InChI is InChI=1S/C15H14N6O2S/c1-2-21(13(22)7-20-9-16-18-19-20)15-17-14-10-5-3-4-6-11(10)23-8-12(14)24-15/h3-6,9H,2,7-8H2,1H3. The summed E-state index contributed by atoms with van der Waals surface area (Å²) >= 11 is 1.48. The highest BCUT2D eigenvalue weighted by Gasteiger charge is 2.25. The van der Waals surface area contributed by atoms with Crippen LogP contribution in [0.1, 0.15) is 11.8 Å². The molecule has 0 saturated heterocycles. The molecule has 4 rings (SSSR count). The minimum Gasteiger partial charge on any atom is -0.487 e. The Morgan fingerprint density at radius 1 is 1.42 bits per heavy atom. The molecule has 0 fully saturated rings. The number of benzene rings is 1. The number of aromatic nitrogens is 5. The van der Waals surface area contributed by atoms with Gasteiger partial charge in [-0.25, -0.2) is 9.67 Å². The third kappa shape index (κ3) is 2.52. The van der Waals surface area contributed by atoms with Gasteiger partial charge in [0.2, 0.25) is 0 Å². The second-order valence-electron chi connectivity index (χ2n) is 5.20. The van der Waals surface area contributed by atoms with Crippen LogP contribution < -0.4 is 9.64 Å². The summed E-state index contributed by atoms with van der Waals surface area (Å²) in [5.41, 5.74) is 1.86. The maximum Gasteiger partial charge on any atom is 0.250 e. The van der Waals surface area contributed by atoms with Gasteiger partial charge in [-0.15, -0.1) is 5.10 Å². The summed E-state index contributed by atoms with van der Waals surface area (Å²) in [4.78, 5) is 19.9. The minimum absolute atomic E-state index is 0.0815. The molecule has 0 spiro atoms. The lowest BCUT2D eigenvalue weighted by Crippen LogP contribution is -2.33. The van der Waals surface area contributed by atoms with Gasteiger partial charge in [-0.3, -0.25) is 9.69 Å². The van der Waals surface area contributed by atoms with Crippen molar-refractivity contribution in [3.05, 3.63) is 35.5 Å². The molecule has 0 radical (unpaired) electrons. The highest BCUT2D eigenvalue weighted by atomic mass is 32.1. The van der Waals surface area contributed by atoms with Crippen molar-refractivity contribution in [2.75, 3.05) is 11.4 Å². The fourth-order valence-corrected chi connectivity index (χ4v) is 3.66. The lowest BCUT2D eigenvalue weighted by molar-refractivity contribution is -0.119. The molecule has 1 aliphatic rings. The van der Waals surface area contributed by atoms with Gasteiger partial charge in [-0.1, -0.05) is 23.5 Å². The van der Waals surface area contributed by atoms with Crippen LogP contribution in [0.15, 0.2) is 30.6 Å². The summed E-state index contributed by atoms with van der Waals surface area (Å²) < 4.78 is 7.16. The molecule has 1 amide bonds. The maximum absolute atomic E-state index is 12.5. The van der Waals surface area contributed by atoms with E-state index in [0.717, 1.165) is 21.9 Å². The van der Waals surface area contributed by atoms with Crippen LogP contribution in [-0.4, -0.2) is 37.6 Å². The summed E-state index contributed by atoms with van der Waals surface area (Å²) in [5, 5.41) is 11.5. The molecule has 3 aromatic rings. The van der Waals surface area contributed by atoms with E-state index in [2.05, 4.69) is 15.5 Å². The SMILES string of the molecule is CCN(C(=O)Cn1cnnn1)c1nc2c(s1)COc1ccccc1-2. The molecule has 0 bridgehead atoms. The lowest BCUT2D eigenvalue weighted by atomic mass is 10.1. The van der Waals surface area contributed by atoms with E-state index in [1.807, 2.05) is 31.2 Å². The monoisotopic (exact) mass is 342 g/mol. The molecule has 8 nitrogen and oxygen atoms in total. The second kappa shape index (κ2) is 6.00. The van der Waals surface area contributed by atoms with Crippen LogP contribution in [0.5, 0.6) is 5.75 Å². The average Bonchev–Trinajstić information content (AvgIpc) is 3.25. The van der Waals surface area contributed by atoms with Gasteiger partial charge >= 0.3 is 0 Å². The molecule has 2 aromatic heterocycles. The Balaban J connectivity index is 1.65. The smallest absolute Gasteiger partial charge is 0.250 e. The highest BCUT2D eigenvalue weighted by molar-refractivity contribution is 7.16. The van der Waals surface area contributed by atoms with Crippen molar-refractivity contribution in [2.24, 2.45) is 0 Å². The zero-order valence-electron chi connectivity index (χ0n) is 12.9. The lowest BCUT2D eigenvalue weighted by Gasteiger charge is -2.17. The third-order valence-corrected chi connectivity index (χ3v) is 4.78. The van der Waals surface area contributed by atoms with Crippen LogP contribution in [0.4, 0.5) is 5.13 Å². The zero-order valence-corrected chi connectivity index (χ0v) is 13.7. The molecule has 1 aliphatic heterocycles. The number of likely N-dealkylation sites (N-methyl/N-ethyl adjacent to an activating group) is 1. The fourth-order valence-electron chi connectivity index (χ4n) is 2.59. The number of anilines is 1. The molecule has 9 heteroatoms. The molecular weight excluding hydrogens is 328 g/mol. The first kappa shape index (κ1) is 14.8. The number of amides is 1. The number of hydrogen-bond donors (Lipinski definition) is 0. The Hall–Kier alpha value is -2.81. The molecule has 0 N–H and O–H groups in total. The second-order valence-corrected chi connectivity index (χ2v) is 6.26. The topological polar surface area (TPSA) is 86.0 Å². The van der Waals surface area contributed by atoms with Gasteiger partial charge in [-0.2, -0.15) is 0 Å². The number of carbonyl (C=O) groups excluding carboxylic acids is 1. The first-order chi connectivity index (χ1) is 11.8. The number of hydrogen-bond acceptors (Lipinski definition) is 7. The predicted octanol–water partition coefficient (Wildman–Crippen LogP) is 1.74. The third-order valence-electron chi connectivity index (χ3n) is 3.72. The van der Waals surface area contributed by atoms with Crippen LogP contribution in [0.3, 0.4) is 0 Å². The maximum atomic E-state index is 12.5. The normalized spacial score (nSPS) is 12.2. The van der Waals surface area contributed by atoms with Gasteiger partial charge in [0.1, 0.15) is 25.2 Å². The summed E-state index contributed by atoms with van der Waals surface area (Å²) in [7, 11) is 0. The predicted molar refractivity (Wildman–Crippen MR) is 87.7 cm³/mol. The first-order valence-electron chi connectivity index (χ1n) is 7.49. The van der Waals surface area contributed by atoms with Gasteiger partial charge < -0.3 is 4.74 Å². The molecule has 0 unspecified atom stereocenters. The van der Waals surface area contributed by atoms with Crippen molar-refractivity contribution in [1.29, 1.82) is 0 Å². The van der Waals surface area contributed by atoms with Crippen LogP contribution in [-0.2, 0) is 17.9 Å². The molecule has 0 saturated carbocycles. The van der Waals surface area contributed by atoms with Gasteiger partial charge in [0.25, 0.3) is 5.91 Å². The fraction of sp³-hybridized carbons (Fsp3) is 0.267. The van der Waals surface area contributed by atoms with Crippen molar-refractivity contribution >= 4 is 22.4 Å². The Morgan fingerprint density at radius 2 is 2.29 bits per heavy atom. The summed E-state index contributed by atoms with van der Waals surface area (Å²) in [5.74, 6) is 0.718. The number of nitrogens with zero attached hydrogens (tertiary/aromatic N) is 6. The quantitative estimate of drug-likeness (QED) is 0.718. The van der Waals surface area contributed by atoms with Crippen LogP contribution in [0.25, 0.3) is 11.3 Å². The van der Waals surface area contributed by atoms with Crippen molar-refractivity contribution in [1.82, 2.24) is 25.2 Å². The molecule has 0 aliphatic carbocycles. The van der Waals surface area contributed by atoms with E-state index in [-0.39, 0.29) is 12.5 Å². The number of thiazole rings is 1. The number of tetrazole rings is 1. The van der Waals surface area contributed by atoms with Crippen LogP contribution in [0.2, 0.25) is 0 Å². The van der Waals surface area contributed by atoms with E-state index in [9.17, 15) is 4.79 Å². The average molecular weight is 342 g/mol. The van der Waals surface area contributed by atoms with Gasteiger partial charge in [-0.05, 0) is 29.5 Å². The van der Waals surface area contributed by atoms with Crippen LogP contribution >= 0.6 is 11.3 Å². The van der Waals surface area contributed by atoms with E-state index in [4.69, 9.17) is 9.72 Å². The number of fused-ring (bicyclic) bond motifs is 3. The number of para-hydroxylation sites is 1. The van der Waals surface area contributed by atoms with E-state index < -0.39 is 0 Å². The van der Waals surface area contributed by atoms with Crippen LogP contribution in [0, 0.1) is 0 Å². The van der Waals surface area contributed by atoms with Crippen molar-refractivity contribution in [3.63, 3.8) is 0 Å². The molecular formula is C15H14N6O2S. The Kier molecular flexibility index (Phi) is 3.69. The number of ether oxygens (including phenoxy) is 1. The van der Waals surface area contributed by atoms with Crippen molar-refractivity contribution in [3.8, 4) is 17.0 Å². The van der Waals surface area contributed by atoms with Gasteiger partial charge in [0, 0.05) is 12.1 Å². The highest BCUT2D eigenvalue weighted by Crippen LogP contribution is 2.41. The van der Waals surface area contributed by atoms with E-state index >= 15 is 0 Å². The Labute approximate surface area is 141 Å². The Morgan fingerprint density at radius 3 is 3.08 bits per heavy atom. The summed E-state index contributed by atoms with van der Waals surface area (Å²) in [6, 6.07) is 7.80. The van der Waals surface area contributed by atoms with Crippen molar-refractivity contribution in [2.45, 2.75) is 20.1 Å². The van der Waals surface area contributed by atoms with Gasteiger partial charge in [0.15, 0.2) is 5.13 Å². The van der Waals surface area contributed by atoms with E-state index in [1.54, 1.807) is 4.90 Å². The van der Waals surface area contributed by atoms with Gasteiger partial charge in [0.05, 0.1) is 10.6 Å². The Bertz CT molecular complexity index is 876. The number of rotatable bonds is 4. The zero-order chi connectivity index (χ0) is 16.5. The van der Waals surface area contributed by atoms with E-state index in [1.165, 1.54) is 22.3 Å². The van der Waals surface area contributed by atoms with Crippen molar-refractivity contribution < 1.29 is 9.53 Å². The largest absolute Gasteiger partial charge is 0.487 e. The first-order valence-corrected chi connectivity index (χ1v) is 8.31. The molecule has 3 heterocycles. The molecule has 1 aromatic carbocycles. The molecule has 122 valence electrons. The summed E-state index contributed by atoms with van der Waals surface area (Å²) in [6.45, 7) is 3.00.